The Kier molecular flexibility index (Phi) is 8.62. The van der Waals surface area contributed by atoms with E-state index in [0.29, 0.717) is 12.1 Å². The summed E-state index contributed by atoms with van der Waals surface area (Å²) in [4.78, 5) is 2.60. The summed E-state index contributed by atoms with van der Waals surface area (Å²) in [6.45, 7) is 4.57. The molecule has 1 aromatic rings. The maximum absolute atomic E-state index is 6.10. The molecule has 2 N–H and O–H groups in total. The van der Waals surface area contributed by atoms with Crippen LogP contribution in [0.15, 0.2) is 30.3 Å². The third-order valence-electron chi connectivity index (χ3n) is 3.91. The van der Waals surface area contributed by atoms with E-state index >= 15 is 0 Å². The molecule has 1 aliphatic rings. The van der Waals surface area contributed by atoms with Crippen molar-refractivity contribution in [3.63, 3.8) is 0 Å². The first kappa shape index (κ1) is 17.8. The predicted molar refractivity (Wildman–Crippen MR) is 92.7 cm³/mol. The lowest BCUT2D eigenvalue weighted by molar-refractivity contribution is 0.139. The van der Waals surface area contributed by atoms with E-state index in [1.165, 1.54) is 43.7 Å². The molecule has 2 unspecified atom stereocenters. The van der Waals surface area contributed by atoms with Gasteiger partial charge in [0.2, 0.25) is 0 Å². The summed E-state index contributed by atoms with van der Waals surface area (Å²) in [5.74, 6) is 2.33. The highest BCUT2D eigenvalue weighted by Gasteiger charge is 2.24. The summed E-state index contributed by atoms with van der Waals surface area (Å²) in [5, 5.41) is 0. The van der Waals surface area contributed by atoms with E-state index in [1.54, 1.807) is 0 Å². The highest BCUT2D eigenvalue weighted by molar-refractivity contribution is 7.98. The average Bonchev–Trinajstić information content (AvgIpc) is 2.45. The van der Waals surface area contributed by atoms with Crippen LogP contribution in [0, 0.1) is 0 Å². The third kappa shape index (κ3) is 5.65. The molecule has 2 atom stereocenters. The van der Waals surface area contributed by atoms with Gasteiger partial charge in [0.25, 0.3) is 0 Å². The van der Waals surface area contributed by atoms with Gasteiger partial charge in [0, 0.05) is 30.1 Å². The van der Waals surface area contributed by atoms with E-state index in [9.17, 15) is 0 Å². The van der Waals surface area contributed by atoms with Gasteiger partial charge in [-0.05, 0) is 31.9 Å². The molecule has 114 valence electrons. The molecule has 0 spiro atoms. The lowest BCUT2D eigenvalue weighted by Gasteiger charge is -2.38. The van der Waals surface area contributed by atoms with Gasteiger partial charge in [-0.15, -0.1) is 12.4 Å². The first-order valence-corrected chi connectivity index (χ1v) is 8.54. The number of likely N-dealkylation sites (tertiary alicyclic amines) is 1. The second-order valence-corrected chi connectivity index (χ2v) is 6.60. The number of hydrogen-bond acceptors (Lipinski definition) is 3. The summed E-state index contributed by atoms with van der Waals surface area (Å²) in [5.41, 5.74) is 7.53. The van der Waals surface area contributed by atoms with E-state index < -0.39 is 0 Å². The molecular weight excluding hydrogens is 288 g/mol. The van der Waals surface area contributed by atoms with Crippen LogP contribution in [-0.4, -0.2) is 35.8 Å². The predicted octanol–water partition coefficient (Wildman–Crippen LogP) is 3.54. The second kappa shape index (κ2) is 9.67. The number of rotatable bonds is 6. The monoisotopic (exact) mass is 314 g/mol. The van der Waals surface area contributed by atoms with Crippen molar-refractivity contribution in [3.8, 4) is 0 Å². The fourth-order valence-electron chi connectivity index (χ4n) is 2.84. The van der Waals surface area contributed by atoms with E-state index in [-0.39, 0.29) is 12.4 Å². The van der Waals surface area contributed by atoms with Gasteiger partial charge in [0.1, 0.15) is 0 Å². The lowest BCUT2D eigenvalue weighted by atomic mass is 9.97. The molecular formula is C16H27ClN2S. The van der Waals surface area contributed by atoms with Gasteiger partial charge >= 0.3 is 0 Å². The van der Waals surface area contributed by atoms with E-state index in [0.717, 1.165) is 5.75 Å². The van der Waals surface area contributed by atoms with Crippen LogP contribution in [0.4, 0.5) is 0 Å². The van der Waals surface area contributed by atoms with E-state index in [4.69, 9.17) is 5.73 Å². The van der Waals surface area contributed by atoms with Crippen LogP contribution in [0.3, 0.4) is 0 Å². The molecule has 2 nitrogen and oxygen atoms in total. The standard InChI is InChI=1S/C16H26N2S.ClH/c1-14(17)16-9-5-6-10-18(16)11-12-19-13-15-7-3-2-4-8-15;/h2-4,7-8,14,16H,5-6,9-13,17H2,1H3;1H. The summed E-state index contributed by atoms with van der Waals surface area (Å²) in [7, 11) is 0. The molecule has 0 amide bonds. The van der Waals surface area contributed by atoms with Crippen molar-refractivity contribution in [1.82, 2.24) is 4.90 Å². The second-order valence-electron chi connectivity index (χ2n) is 5.50. The number of hydrogen-bond donors (Lipinski definition) is 1. The largest absolute Gasteiger partial charge is 0.327 e. The zero-order valence-electron chi connectivity index (χ0n) is 12.3. The number of nitrogens with zero attached hydrogens (tertiary/aromatic N) is 1. The van der Waals surface area contributed by atoms with Crippen molar-refractivity contribution in [3.05, 3.63) is 35.9 Å². The minimum absolute atomic E-state index is 0. The summed E-state index contributed by atoms with van der Waals surface area (Å²) in [6.07, 6.45) is 3.97. The van der Waals surface area contributed by atoms with Gasteiger partial charge in [-0.2, -0.15) is 11.8 Å². The van der Waals surface area contributed by atoms with Crippen LogP contribution in [0.25, 0.3) is 0 Å². The maximum atomic E-state index is 6.10. The first-order chi connectivity index (χ1) is 9.27. The van der Waals surface area contributed by atoms with Crippen LogP contribution in [-0.2, 0) is 5.75 Å². The zero-order valence-corrected chi connectivity index (χ0v) is 14.0. The molecule has 20 heavy (non-hydrogen) atoms. The summed E-state index contributed by atoms with van der Waals surface area (Å²) in [6, 6.07) is 11.6. The van der Waals surface area contributed by atoms with Gasteiger partial charge in [-0.25, -0.2) is 0 Å². The number of thioether (sulfide) groups is 1. The quantitative estimate of drug-likeness (QED) is 0.814. The fourth-order valence-corrected chi connectivity index (χ4v) is 3.77. The minimum atomic E-state index is 0. The molecule has 4 heteroatoms. The SMILES string of the molecule is CC(N)C1CCCCN1CCSCc1ccccc1.Cl. The molecule has 0 aliphatic carbocycles. The Balaban J connectivity index is 0.00000200. The van der Waals surface area contributed by atoms with Crippen LogP contribution in [0.2, 0.25) is 0 Å². The van der Waals surface area contributed by atoms with Crippen molar-refractivity contribution >= 4 is 24.2 Å². The normalized spacial score (nSPS) is 21.2. The number of halogens is 1. The highest BCUT2D eigenvalue weighted by atomic mass is 35.5. The Labute approximate surface area is 133 Å². The molecule has 2 rings (SSSR count). The van der Waals surface area contributed by atoms with Crippen molar-refractivity contribution in [1.29, 1.82) is 0 Å². The molecule has 1 saturated heterocycles. The van der Waals surface area contributed by atoms with Crippen molar-refractivity contribution in [2.75, 3.05) is 18.8 Å². The molecule has 1 heterocycles. The topological polar surface area (TPSA) is 29.3 Å². The van der Waals surface area contributed by atoms with Crippen LogP contribution >= 0.6 is 24.2 Å². The maximum Gasteiger partial charge on any atom is 0.0244 e. The van der Waals surface area contributed by atoms with Crippen LogP contribution < -0.4 is 5.73 Å². The van der Waals surface area contributed by atoms with Gasteiger partial charge < -0.3 is 5.73 Å². The average molecular weight is 315 g/mol. The first-order valence-electron chi connectivity index (χ1n) is 7.38. The molecule has 1 fully saturated rings. The van der Waals surface area contributed by atoms with Gasteiger partial charge in [-0.1, -0.05) is 36.8 Å². The van der Waals surface area contributed by atoms with Crippen molar-refractivity contribution in [2.24, 2.45) is 5.73 Å². The van der Waals surface area contributed by atoms with E-state index in [1.807, 2.05) is 11.8 Å². The Morgan fingerprint density at radius 1 is 1.30 bits per heavy atom. The molecule has 0 radical (unpaired) electrons. The fraction of sp³-hybridized carbons (Fsp3) is 0.625. The number of nitrogens with two attached hydrogens (primary N) is 1. The van der Waals surface area contributed by atoms with Gasteiger partial charge in [-0.3, -0.25) is 4.90 Å². The van der Waals surface area contributed by atoms with E-state index in [2.05, 4.69) is 42.2 Å². The molecule has 0 saturated carbocycles. The summed E-state index contributed by atoms with van der Waals surface area (Å²) >= 11 is 2.03. The van der Waals surface area contributed by atoms with Crippen LogP contribution in [0.5, 0.6) is 0 Å². The zero-order chi connectivity index (χ0) is 13.5. The van der Waals surface area contributed by atoms with Gasteiger partial charge in [0.05, 0.1) is 0 Å². The highest BCUT2D eigenvalue weighted by Crippen LogP contribution is 2.20. The lowest BCUT2D eigenvalue weighted by Crippen LogP contribution is -2.49. The summed E-state index contributed by atoms with van der Waals surface area (Å²) < 4.78 is 0. The molecule has 0 aromatic heterocycles. The third-order valence-corrected chi connectivity index (χ3v) is 4.91. The Bertz CT molecular complexity index is 359. The Morgan fingerprint density at radius 3 is 2.75 bits per heavy atom. The van der Waals surface area contributed by atoms with Crippen LogP contribution in [0.1, 0.15) is 31.7 Å². The Morgan fingerprint density at radius 2 is 2.05 bits per heavy atom. The van der Waals surface area contributed by atoms with Crippen molar-refractivity contribution < 1.29 is 0 Å². The number of piperidine rings is 1. The minimum Gasteiger partial charge on any atom is -0.327 e. The Hall–Kier alpha value is -0.220. The van der Waals surface area contributed by atoms with Gasteiger partial charge in [0.15, 0.2) is 0 Å². The molecule has 0 bridgehead atoms. The number of benzene rings is 1. The molecule has 1 aromatic carbocycles. The van der Waals surface area contributed by atoms with Crippen molar-refractivity contribution in [2.45, 2.75) is 44.0 Å². The molecule has 1 aliphatic heterocycles. The smallest absolute Gasteiger partial charge is 0.0244 e.